The summed E-state index contributed by atoms with van der Waals surface area (Å²) in [5.74, 6) is 1.19. The van der Waals surface area contributed by atoms with Gasteiger partial charge in [-0.05, 0) is 44.2 Å². The highest BCUT2D eigenvalue weighted by atomic mass is 35.5. The van der Waals surface area contributed by atoms with Crippen LogP contribution in [0.1, 0.15) is 39.7 Å². The van der Waals surface area contributed by atoms with Gasteiger partial charge in [-0.1, -0.05) is 0 Å². The number of carbonyl (C=O) groups excluding carboxylic acids is 1. The highest BCUT2D eigenvalue weighted by Crippen LogP contribution is 2.32. The standard InChI is InChI=1S/C19H21N3O3S.ClH/c1-11(21-18(23)14-8-16(9-20)25-10-14)17-12(2)22-19(26-17)13-4-6-15(24-3)7-5-13;/h4-8,10-11H,9,20H2,1-3H3,(H,21,23);1H. The molecule has 0 fully saturated rings. The Balaban J connectivity index is 0.00000261. The third-order valence-corrected chi connectivity index (χ3v) is 5.42. The summed E-state index contributed by atoms with van der Waals surface area (Å²) >= 11 is 1.57. The largest absolute Gasteiger partial charge is 0.497 e. The Morgan fingerprint density at radius 2 is 2.07 bits per heavy atom. The first kappa shape index (κ1) is 21.0. The molecule has 0 aliphatic rings. The summed E-state index contributed by atoms with van der Waals surface area (Å²) in [6.45, 7) is 4.16. The number of methoxy groups -OCH3 is 1. The van der Waals surface area contributed by atoms with Crippen LogP contribution in [0.2, 0.25) is 0 Å². The van der Waals surface area contributed by atoms with E-state index < -0.39 is 0 Å². The SMILES string of the molecule is COc1ccc(-c2nc(C)c(C(C)NC(=O)c3coc(CN)c3)s2)cc1.Cl. The summed E-state index contributed by atoms with van der Waals surface area (Å²) < 4.78 is 10.4. The van der Waals surface area contributed by atoms with Gasteiger partial charge in [0, 0.05) is 5.56 Å². The molecule has 8 heteroatoms. The summed E-state index contributed by atoms with van der Waals surface area (Å²) in [7, 11) is 1.64. The molecule has 144 valence electrons. The predicted molar refractivity (Wildman–Crippen MR) is 109 cm³/mol. The van der Waals surface area contributed by atoms with E-state index in [2.05, 4.69) is 10.3 Å². The fraction of sp³-hybridized carbons (Fsp3) is 0.263. The number of ether oxygens (including phenoxy) is 1. The lowest BCUT2D eigenvalue weighted by molar-refractivity contribution is 0.0940. The van der Waals surface area contributed by atoms with Crippen LogP contribution >= 0.6 is 23.7 Å². The van der Waals surface area contributed by atoms with Crippen LogP contribution in [0.15, 0.2) is 41.0 Å². The Labute approximate surface area is 168 Å². The number of halogens is 1. The van der Waals surface area contributed by atoms with Gasteiger partial charge in [-0.3, -0.25) is 4.79 Å². The third-order valence-electron chi connectivity index (χ3n) is 4.03. The molecule has 0 aliphatic carbocycles. The molecule has 0 saturated heterocycles. The van der Waals surface area contributed by atoms with Crippen molar-refractivity contribution >= 4 is 29.7 Å². The Morgan fingerprint density at radius 1 is 1.37 bits per heavy atom. The van der Waals surface area contributed by atoms with Gasteiger partial charge in [-0.25, -0.2) is 4.98 Å². The van der Waals surface area contributed by atoms with Crippen molar-refractivity contribution in [2.24, 2.45) is 5.73 Å². The maximum Gasteiger partial charge on any atom is 0.255 e. The van der Waals surface area contributed by atoms with E-state index in [0.717, 1.165) is 26.9 Å². The fourth-order valence-corrected chi connectivity index (χ4v) is 3.69. The van der Waals surface area contributed by atoms with Gasteiger partial charge in [0.15, 0.2) is 0 Å². The number of nitrogens with zero attached hydrogens (tertiary/aromatic N) is 1. The number of amides is 1. The first-order valence-electron chi connectivity index (χ1n) is 8.22. The summed E-state index contributed by atoms with van der Waals surface area (Å²) in [4.78, 5) is 18.0. The smallest absolute Gasteiger partial charge is 0.255 e. The van der Waals surface area contributed by atoms with Crippen molar-refractivity contribution in [2.75, 3.05) is 7.11 Å². The molecule has 3 rings (SSSR count). The maximum absolute atomic E-state index is 12.4. The van der Waals surface area contributed by atoms with Gasteiger partial charge in [0.05, 0.1) is 35.8 Å². The Hall–Kier alpha value is -2.35. The van der Waals surface area contributed by atoms with Crippen LogP contribution in [0.3, 0.4) is 0 Å². The molecule has 2 aromatic heterocycles. The number of nitrogens with two attached hydrogens (primary N) is 1. The molecule has 0 aliphatic heterocycles. The lowest BCUT2D eigenvalue weighted by Gasteiger charge is -2.11. The molecule has 0 radical (unpaired) electrons. The summed E-state index contributed by atoms with van der Waals surface area (Å²) in [5, 5.41) is 3.90. The van der Waals surface area contributed by atoms with Crippen molar-refractivity contribution in [1.82, 2.24) is 10.3 Å². The van der Waals surface area contributed by atoms with Crippen LogP contribution in [-0.2, 0) is 6.54 Å². The predicted octanol–water partition coefficient (Wildman–Crippen LogP) is 4.09. The molecule has 3 aromatic rings. The van der Waals surface area contributed by atoms with Crippen LogP contribution < -0.4 is 15.8 Å². The summed E-state index contributed by atoms with van der Waals surface area (Å²) in [6, 6.07) is 9.26. The van der Waals surface area contributed by atoms with Gasteiger partial charge in [-0.15, -0.1) is 23.7 Å². The molecule has 1 atom stereocenters. The topological polar surface area (TPSA) is 90.4 Å². The minimum atomic E-state index is -0.195. The van der Waals surface area contributed by atoms with E-state index in [1.165, 1.54) is 6.26 Å². The maximum atomic E-state index is 12.4. The van der Waals surface area contributed by atoms with Crippen molar-refractivity contribution < 1.29 is 13.9 Å². The van der Waals surface area contributed by atoms with Crippen molar-refractivity contribution in [2.45, 2.75) is 26.4 Å². The average Bonchev–Trinajstić information content (AvgIpc) is 3.28. The first-order valence-corrected chi connectivity index (χ1v) is 9.03. The lowest BCUT2D eigenvalue weighted by atomic mass is 10.2. The third kappa shape index (κ3) is 4.68. The molecular formula is C19H22ClN3O3S. The lowest BCUT2D eigenvalue weighted by Crippen LogP contribution is -2.26. The van der Waals surface area contributed by atoms with Gasteiger partial charge in [0.2, 0.25) is 0 Å². The van der Waals surface area contributed by atoms with E-state index in [4.69, 9.17) is 14.9 Å². The number of benzene rings is 1. The second-order valence-electron chi connectivity index (χ2n) is 5.90. The molecule has 1 aromatic carbocycles. The first-order chi connectivity index (χ1) is 12.5. The van der Waals surface area contributed by atoms with Crippen LogP contribution in [0.25, 0.3) is 10.6 Å². The Kier molecular flexibility index (Phi) is 7.01. The molecule has 3 N–H and O–H groups in total. The molecule has 0 saturated carbocycles. The van der Waals surface area contributed by atoms with Crippen molar-refractivity contribution in [3.63, 3.8) is 0 Å². The molecule has 0 bridgehead atoms. The van der Waals surface area contributed by atoms with Crippen molar-refractivity contribution in [3.8, 4) is 16.3 Å². The zero-order chi connectivity index (χ0) is 18.7. The zero-order valence-corrected chi connectivity index (χ0v) is 16.9. The minimum absolute atomic E-state index is 0. The van der Waals surface area contributed by atoms with Gasteiger partial charge >= 0.3 is 0 Å². The minimum Gasteiger partial charge on any atom is -0.497 e. The number of hydrogen-bond acceptors (Lipinski definition) is 6. The highest BCUT2D eigenvalue weighted by Gasteiger charge is 2.19. The van der Waals surface area contributed by atoms with Crippen LogP contribution in [0.5, 0.6) is 5.75 Å². The van der Waals surface area contributed by atoms with Crippen molar-refractivity contribution in [3.05, 3.63) is 58.5 Å². The van der Waals surface area contributed by atoms with E-state index in [-0.39, 0.29) is 30.9 Å². The van der Waals surface area contributed by atoms with Crippen LogP contribution in [0.4, 0.5) is 0 Å². The number of furan rings is 1. The van der Waals surface area contributed by atoms with E-state index in [0.29, 0.717) is 11.3 Å². The molecule has 0 spiro atoms. The molecule has 1 amide bonds. The van der Waals surface area contributed by atoms with Gasteiger partial charge < -0.3 is 20.2 Å². The number of carbonyl (C=O) groups is 1. The summed E-state index contributed by atoms with van der Waals surface area (Å²) in [6.07, 6.45) is 1.42. The number of aryl methyl sites for hydroxylation is 1. The molecule has 2 heterocycles. The monoisotopic (exact) mass is 407 g/mol. The summed E-state index contributed by atoms with van der Waals surface area (Å²) in [5.41, 5.74) is 7.90. The zero-order valence-electron chi connectivity index (χ0n) is 15.3. The molecule has 1 unspecified atom stereocenters. The van der Waals surface area contributed by atoms with Crippen LogP contribution in [-0.4, -0.2) is 18.0 Å². The van der Waals surface area contributed by atoms with E-state index >= 15 is 0 Å². The molecule has 27 heavy (non-hydrogen) atoms. The Bertz CT molecular complexity index is 905. The number of rotatable bonds is 6. The second-order valence-corrected chi connectivity index (χ2v) is 6.93. The second kappa shape index (κ2) is 9.03. The van der Waals surface area contributed by atoms with Gasteiger partial charge in [-0.2, -0.15) is 0 Å². The molecule has 6 nitrogen and oxygen atoms in total. The van der Waals surface area contributed by atoms with Gasteiger partial charge in [0.1, 0.15) is 22.8 Å². The number of hydrogen-bond donors (Lipinski definition) is 2. The fourth-order valence-electron chi connectivity index (χ4n) is 2.62. The van der Waals surface area contributed by atoms with E-state index in [9.17, 15) is 4.79 Å². The van der Waals surface area contributed by atoms with E-state index in [1.807, 2.05) is 38.1 Å². The number of nitrogens with one attached hydrogen (secondary N) is 1. The quantitative estimate of drug-likeness (QED) is 0.642. The van der Waals surface area contributed by atoms with E-state index in [1.54, 1.807) is 24.5 Å². The normalized spacial score (nSPS) is 11.6. The van der Waals surface area contributed by atoms with Crippen LogP contribution in [0, 0.1) is 6.92 Å². The Morgan fingerprint density at radius 3 is 2.67 bits per heavy atom. The number of aromatic nitrogens is 1. The number of thiazole rings is 1. The van der Waals surface area contributed by atoms with Crippen molar-refractivity contribution in [1.29, 1.82) is 0 Å². The average molecular weight is 408 g/mol. The highest BCUT2D eigenvalue weighted by molar-refractivity contribution is 7.15. The molecular weight excluding hydrogens is 386 g/mol. The van der Waals surface area contributed by atoms with Gasteiger partial charge in [0.25, 0.3) is 5.91 Å².